The van der Waals surface area contributed by atoms with Crippen molar-refractivity contribution >= 4 is 23.2 Å². The van der Waals surface area contributed by atoms with Crippen LogP contribution in [0.25, 0.3) is 0 Å². The summed E-state index contributed by atoms with van der Waals surface area (Å²) in [5.74, 6) is 0.0150. The molecule has 0 spiro atoms. The average Bonchev–Trinajstić information content (AvgIpc) is 3.03. The standard InChI is InChI=1S/C19H26N4O2/c1-5-13(4)18(24)20-15-8-6-7-9-16(15)21-19(25)17-11-14(22-23-17)10-12(2)3/h6-9,11-13H,5,10H2,1-4H3,(H,20,24)(H,21,25)(H,22,23). The molecule has 2 amide bonds. The number of carbonyl (C=O) groups is 2. The lowest BCUT2D eigenvalue weighted by Gasteiger charge is -2.14. The van der Waals surface area contributed by atoms with Gasteiger partial charge in [-0.05, 0) is 37.0 Å². The Bertz CT molecular complexity index is 737. The molecule has 0 aliphatic heterocycles. The zero-order valence-corrected chi connectivity index (χ0v) is 15.2. The first-order chi connectivity index (χ1) is 11.9. The summed E-state index contributed by atoms with van der Waals surface area (Å²) in [4.78, 5) is 24.6. The fourth-order valence-corrected chi connectivity index (χ4v) is 2.35. The quantitative estimate of drug-likeness (QED) is 0.714. The van der Waals surface area contributed by atoms with Crippen LogP contribution < -0.4 is 10.6 Å². The molecule has 2 aromatic rings. The van der Waals surface area contributed by atoms with E-state index >= 15 is 0 Å². The number of para-hydroxylation sites is 2. The largest absolute Gasteiger partial charge is 0.324 e. The molecule has 3 N–H and O–H groups in total. The van der Waals surface area contributed by atoms with Crippen LogP contribution in [-0.4, -0.2) is 22.0 Å². The molecular weight excluding hydrogens is 316 g/mol. The number of anilines is 2. The number of benzene rings is 1. The van der Waals surface area contributed by atoms with Gasteiger partial charge in [0.15, 0.2) is 5.69 Å². The van der Waals surface area contributed by atoms with Crippen molar-refractivity contribution in [1.29, 1.82) is 0 Å². The molecule has 0 aliphatic carbocycles. The van der Waals surface area contributed by atoms with E-state index in [0.29, 0.717) is 23.0 Å². The molecular formula is C19H26N4O2. The summed E-state index contributed by atoms with van der Waals surface area (Å²) in [7, 11) is 0. The van der Waals surface area contributed by atoms with E-state index in [0.717, 1.165) is 18.5 Å². The van der Waals surface area contributed by atoms with Crippen molar-refractivity contribution in [2.45, 2.75) is 40.5 Å². The van der Waals surface area contributed by atoms with Gasteiger partial charge in [0.05, 0.1) is 11.4 Å². The van der Waals surface area contributed by atoms with E-state index in [1.54, 1.807) is 18.2 Å². The highest BCUT2D eigenvalue weighted by Crippen LogP contribution is 2.22. The average molecular weight is 342 g/mol. The Hall–Kier alpha value is -2.63. The van der Waals surface area contributed by atoms with Gasteiger partial charge in [-0.1, -0.05) is 39.8 Å². The highest BCUT2D eigenvalue weighted by atomic mass is 16.2. The van der Waals surface area contributed by atoms with Crippen LogP contribution in [0.3, 0.4) is 0 Å². The first kappa shape index (κ1) is 18.7. The smallest absolute Gasteiger partial charge is 0.276 e. The molecule has 2 rings (SSSR count). The van der Waals surface area contributed by atoms with Crippen molar-refractivity contribution in [3.63, 3.8) is 0 Å². The number of nitrogens with one attached hydrogen (secondary N) is 3. The van der Waals surface area contributed by atoms with E-state index in [9.17, 15) is 9.59 Å². The summed E-state index contributed by atoms with van der Waals surface area (Å²) < 4.78 is 0. The van der Waals surface area contributed by atoms with Crippen molar-refractivity contribution in [3.05, 3.63) is 41.7 Å². The maximum atomic E-state index is 12.4. The fourth-order valence-electron chi connectivity index (χ4n) is 2.35. The minimum atomic E-state index is -0.309. The molecule has 25 heavy (non-hydrogen) atoms. The molecule has 1 heterocycles. The molecule has 1 unspecified atom stereocenters. The maximum absolute atomic E-state index is 12.4. The first-order valence-electron chi connectivity index (χ1n) is 8.66. The van der Waals surface area contributed by atoms with E-state index < -0.39 is 0 Å². The van der Waals surface area contributed by atoms with Gasteiger partial charge in [-0.15, -0.1) is 0 Å². The molecule has 6 heteroatoms. The van der Waals surface area contributed by atoms with Gasteiger partial charge in [-0.25, -0.2) is 0 Å². The van der Waals surface area contributed by atoms with Gasteiger partial charge in [-0.2, -0.15) is 5.10 Å². The van der Waals surface area contributed by atoms with Crippen LogP contribution >= 0.6 is 0 Å². The number of carbonyl (C=O) groups excluding carboxylic acids is 2. The summed E-state index contributed by atoms with van der Waals surface area (Å²) in [5, 5.41) is 12.7. The zero-order valence-electron chi connectivity index (χ0n) is 15.2. The molecule has 0 radical (unpaired) electrons. The predicted octanol–water partition coefficient (Wildman–Crippen LogP) is 3.85. The number of hydrogen-bond donors (Lipinski definition) is 3. The van der Waals surface area contributed by atoms with Crippen LogP contribution in [0.5, 0.6) is 0 Å². The normalized spacial score (nSPS) is 12.0. The Morgan fingerprint density at radius 3 is 2.36 bits per heavy atom. The van der Waals surface area contributed by atoms with Crippen molar-refractivity contribution < 1.29 is 9.59 Å². The third-order valence-corrected chi connectivity index (χ3v) is 3.98. The number of rotatable bonds is 7. The van der Waals surface area contributed by atoms with Gasteiger partial charge in [0.1, 0.15) is 0 Å². The Morgan fingerprint density at radius 1 is 1.12 bits per heavy atom. The number of hydrogen-bond acceptors (Lipinski definition) is 3. The Balaban J connectivity index is 2.10. The van der Waals surface area contributed by atoms with E-state index in [-0.39, 0.29) is 17.7 Å². The summed E-state index contributed by atoms with van der Waals surface area (Å²) in [5.41, 5.74) is 2.40. The highest BCUT2D eigenvalue weighted by molar-refractivity contribution is 6.06. The third-order valence-electron chi connectivity index (χ3n) is 3.98. The summed E-state index contributed by atoms with van der Waals surface area (Å²) >= 11 is 0. The third kappa shape index (κ3) is 5.17. The van der Waals surface area contributed by atoms with Gasteiger partial charge < -0.3 is 10.6 Å². The number of amides is 2. The van der Waals surface area contributed by atoms with Crippen molar-refractivity contribution in [3.8, 4) is 0 Å². The van der Waals surface area contributed by atoms with Crippen molar-refractivity contribution in [2.24, 2.45) is 11.8 Å². The van der Waals surface area contributed by atoms with Gasteiger partial charge in [-0.3, -0.25) is 14.7 Å². The maximum Gasteiger partial charge on any atom is 0.276 e. The van der Waals surface area contributed by atoms with Crippen LogP contribution in [0.1, 0.15) is 50.3 Å². The van der Waals surface area contributed by atoms with Crippen molar-refractivity contribution in [2.75, 3.05) is 10.6 Å². The summed E-state index contributed by atoms with van der Waals surface area (Å²) in [6.07, 6.45) is 1.59. The monoisotopic (exact) mass is 342 g/mol. The number of H-pyrrole nitrogens is 1. The topological polar surface area (TPSA) is 86.9 Å². The van der Waals surface area contributed by atoms with Crippen LogP contribution in [0.15, 0.2) is 30.3 Å². The van der Waals surface area contributed by atoms with E-state index in [1.807, 2.05) is 26.0 Å². The number of aromatic nitrogens is 2. The number of aromatic amines is 1. The number of nitrogens with zero attached hydrogens (tertiary/aromatic N) is 1. The van der Waals surface area contributed by atoms with E-state index in [2.05, 4.69) is 34.7 Å². The second-order valence-electron chi connectivity index (χ2n) is 6.67. The van der Waals surface area contributed by atoms with Gasteiger partial charge in [0.2, 0.25) is 5.91 Å². The fraction of sp³-hybridized carbons (Fsp3) is 0.421. The summed E-state index contributed by atoms with van der Waals surface area (Å²) in [6.45, 7) is 8.05. The molecule has 1 aromatic heterocycles. The molecule has 134 valence electrons. The predicted molar refractivity (Wildman–Crippen MR) is 99.6 cm³/mol. The Morgan fingerprint density at radius 2 is 1.76 bits per heavy atom. The molecule has 0 bridgehead atoms. The molecule has 0 aliphatic rings. The highest BCUT2D eigenvalue weighted by Gasteiger charge is 2.16. The Kier molecular flexibility index (Phi) is 6.33. The molecule has 1 atom stereocenters. The van der Waals surface area contributed by atoms with Gasteiger partial charge >= 0.3 is 0 Å². The van der Waals surface area contributed by atoms with Crippen LogP contribution in [-0.2, 0) is 11.2 Å². The first-order valence-corrected chi connectivity index (χ1v) is 8.66. The molecule has 0 saturated carbocycles. The lowest BCUT2D eigenvalue weighted by molar-refractivity contribution is -0.119. The van der Waals surface area contributed by atoms with E-state index in [1.165, 1.54) is 0 Å². The van der Waals surface area contributed by atoms with Crippen LogP contribution in [0.4, 0.5) is 11.4 Å². The van der Waals surface area contributed by atoms with Crippen LogP contribution in [0.2, 0.25) is 0 Å². The molecule has 0 saturated heterocycles. The summed E-state index contributed by atoms with van der Waals surface area (Å²) in [6, 6.07) is 8.91. The minimum Gasteiger partial charge on any atom is -0.324 e. The second-order valence-corrected chi connectivity index (χ2v) is 6.67. The SMILES string of the molecule is CCC(C)C(=O)Nc1ccccc1NC(=O)c1cc(CC(C)C)[nH]n1. The van der Waals surface area contributed by atoms with Crippen LogP contribution in [0, 0.1) is 11.8 Å². The molecule has 0 fully saturated rings. The lowest BCUT2D eigenvalue weighted by Crippen LogP contribution is -2.21. The van der Waals surface area contributed by atoms with E-state index in [4.69, 9.17) is 0 Å². The second kappa shape index (κ2) is 8.46. The van der Waals surface area contributed by atoms with Gasteiger partial charge in [0, 0.05) is 11.6 Å². The van der Waals surface area contributed by atoms with Gasteiger partial charge in [0.25, 0.3) is 5.91 Å². The zero-order chi connectivity index (χ0) is 18.4. The molecule has 1 aromatic carbocycles. The lowest BCUT2D eigenvalue weighted by atomic mass is 10.1. The van der Waals surface area contributed by atoms with Crippen molar-refractivity contribution in [1.82, 2.24) is 10.2 Å². The molecule has 6 nitrogen and oxygen atoms in total. The minimum absolute atomic E-state index is 0.0665. The Labute approximate surface area is 148 Å².